The standard InChI is InChI=1S/C16H20N4O/c1-3-4-5-15-19-16(21-20-15)12(2)18-14-8-6-13(7-9-14)10-11-17/h6-9,12,18H,3-5,10H2,1-2H3. The van der Waals surface area contributed by atoms with Crippen molar-refractivity contribution in [3.63, 3.8) is 0 Å². The molecule has 0 aliphatic heterocycles. The zero-order valence-corrected chi connectivity index (χ0v) is 12.5. The Hall–Kier alpha value is -2.35. The molecule has 0 saturated carbocycles. The largest absolute Gasteiger partial charge is 0.374 e. The number of rotatable bonds is 7. The molecule has 0 aliphatic rings. The SMILES string of the molecule is CCCCc1noc(C(C)Nc2ccc(CC#N)cc2)n1. The number of aryl methyl sites for hydroxylation is 1. The van der Waals surface area contributed by atoms with Crippen molar-refractivity contribution in [3.05, 3.63) is 41.5 Å². The molecular weight excluding hydrogens is 264 g/mol. The topological polar surface area (TPSA) is 74.7 Å². The zero-order valence-electron chi connectivity index (χ0n) is 12.5. The summed E-state index contributed by atoms with van der Waals surface area (Å²) in [5, 5.41) is 16.0. The second-order valence-electron chi connectivity index (χ2n) is 5.05. The van der Waals surface area contributed by atoms with Crippen LogP contribution in [0.4, 0.5) is 5.69 Å². The Morgan fingerprint density at radius 2 is 2.10 bits per heavy atom. The van der Waals surface area contributed by atoms with Crippen LogP contribution >= 0.6 is 0 Å². The van der Waals surface area contributed by atoms with Gasteiger partial charge in [-0.25, -0.2) is 0 Å². The maximum absolute atomic E-state index is 8.65. The Balaban J connectivity index is 1.95. The molecule has 1 aromatic heterocycles. The number of anilines is 1. The van der Waals surface area contributed by atoms with Gasteiger partial charge in [-0.05, 0) is 31.0 Å². The third-order valence-electron chi connectivity index (χ3n) is 3.23. The minimum absolute atomic E-state index is 0.0466. The minimum Gasteiger partial charge on any atom is -0.374 e. The lowest BCUT2D eigenvalue weighted by Crippen LogP contribution is -2.07. The number of unbranched alkanes of at least 4 members (excludes halogenated alkanes) is 1. The Bertz CT molecular complexity index is 597. The lowest BCUT2D eigenvalue weighted by molar-refractivity contribution is 0.362. The van der Waals surface area contributed by atoms with E-state index < -0.39 is 0 Å². The molecule has 0 saturated heterocycles. The predicted octanol–water partition coefficient (Wildman–Crippen LogP) is 3.65. The fourth-order valence-electron chi connectivity index (χ4n) is 2.00. The number of aromatic nitrogens is 2. The van der Waals surface area contributed by atoms with Crippen molar-refractivity contribution in [2.75, 3.05) is 5.32 Å². The molecule has 0 fully saturated rings. The lowest BCUT2D eigenvalue weighted by atomic mass is 10.1. The molecule has 0 amide bonds. The Labute approximate surface area is 125 Å². The number of benzene rings is 1. The summed E-state index contributed by atoms with van der Waals surface area (Å²) in [6, 6.07) is 9.89. The third-order valence-corrected chi connectivity index (χ3v) is 3.23. The van der Waals surface area contributed by atoms with E-state index in [-0.39, 0.29) is 6.04 Å². The summed E-state index contributed by atoms with van der Waals surface area (Å²) < 4.78 is 5.29. The van der Waals surface area contributed by atoms with Gasteiger partial charge in [0.1, 0.15) is 6.04 Å². The van der Waals surface area contributed by atoms with E-state index in [1.54, 1.807) is 0 Å². The maximum atomic E-state index is 8.65. The summed E-state index contributed by atoms with van der Waals surface area (Å²) in [6.45, 7) is 4.13. The van der Waals surface area contributed by atoms with E-state index in [0.717, 1.165) is 36.3 Å². The molecule has 110 valence electrons. The fourth-order valence-corrected chi connectivity index (χ4v) is 2.00. The van der Waals surface area contributed by atoms with E-state index >= 15 is 0 Å². The van der Waals surface area contributed by atoms with E-state index in [2.05, 4.69) is 28.5 Å². The first kappa shape index (κ1) is 15.0. The van der Waals surface area contributed by atoms with Crippen LogP contribution < -0.4 is 5.32 Å². The summed E-state index contributed by atoms with van der Waals surface area (Å²) in [5.41, 5.74) is 1.98. The molecule has 1 aromatic carbocycles. The molecule has 0 spiro atoms. The predicted molar refractivity (Wildman–Crippen MR) is 80.7 cm³/mol. The first-order chi connectivity index (χ1) is 10.2. The molecule has 5 heteroatoms. The molecular formula is C16H20N4O. The highest BCUT2D eigenvalue weighted by molar-refractivity contribution is 5.46. The first-order valence-corrected chi connectivity index (χ1v) is 7.27. The third kappa shape index (κ3) is 4.32. The Kier molecular flexibility index (Phi) is 5.33. The average Bonchev–Trinajstić information content (AvgIpc) is 2.96. The molecule has 0 bridgehead atoms. The van der Waals surface area contributed by atoms with E-state index in [1.807, 2.05) is 31.2 Å². The Morgan fingerprint density at radius 3 is 2.76 bits per heavy atom. The average molecular weight is 284 g/mol. The van der Waals surface area contributed by atoms with Crippen molar-refractivity contribution in [1.82, 2.24) is 10.1 Å². The maximum Gasteiger partial charge on any atom is 0.248 e. The van der Waals surface area contributed by atoms with Crippen LogP contribution in [0, 0.1) is 11.3 Å². The second kappa shape index (κ2) is 7.44. The summed E-state index contributed by atoms with van der Waals surface area (Å²) in [7, 11) is 0. The normalized spacial score (nSPS) is 11.9. The second-order valence-corrected chi connectivity index (χ2v) is 5.05. The molecule has 2 aromatic rings. The first-order valence-electron chi connectivity index (χ1n) is 7.27. The van der Waals surface area contributed by atoms with Crippen molar-refractivity contribution < 1.29 is 4.52 Å². The number of nitrogens with zero attached hydrogens (tertiary/aromatic N) is 3. The quantitative estimate of drug-likeness (QED) is 0.840. The number of nitrogens with one attached hydrogen (secondary N) is 1. The van der Waals surface area contributed by atoms with Gasteiger partial charge in [-0.3, -0.25) is 0 Å². The fraction of sp³-hybridized carbons (Fsp3) is 0.438. The molecule has 0 aliphatic carbocycles. The monoisotopic (exact) mass is 284 g/mol. The lowest BCUT2D eigenvalue weighted by Gasteiger charge is -2.11. The summed E-state index contributed by atoms with van der Waals surface area (Å²) >= 11 is 0. The van der Waals surface area contributed by atoms with Crippen molar-refractivity contribution in [3.8, 4) is 6.07 Å². The molecule has 0 radical (unpaired) electrons. The van der Waals surface area contributed by atoms with Gasteiger partial charge in [0.05, 0.1) is 12.5 Å². The van der Waals surface area contributed by atoms with Crippen LogP contribution in [0.5, 0.6) is 0 Å². The van der Waals surface area contributed by atoms with E-state index in [4.69, 9.17) is 9.78 Å². The smallest absolute Gasteiger partial charge is 0.248 e. The van der Waals surface area contributed by atoms with Crippen molar-refractivity contribution >= 4 is 5.69 Å². The minimum atomic E-state index is -0.0466. The van der Waals surface area contributed by atoms with Crippen LogP contribution in [-0.4, -0.2) is 10.1 Å². The molecule has 5 nitrogen and oxygen atoms in total. The van der Waals surface area contributed by atoms with Gasteiger partial charge in [0.15, 0.2) is 5.82 Å². The van der Waals surface area contributed by atoms with Gasteiger partial charge in [0.2, 0.25) is 5.89 Å². The summed E-state index contributed by atoms with van der Waals surface area (Å²) in [6.07, 6.45) is 3.48. The molecule has 2 rings (SSSR count). The van der Waals surface area contributed by atoms with Gasteiger partial charge in [-0.15, -0.1) is 0 Å². The highest BCUT2D eigenvalue weighted by Crippen LogP contribution is 2.18. The van der Waals surface area contributed by atoms with E-state index in [1.165, 1.54) is 0 Å². The van der Waals surface area contributed by atoms with Gasteiger partial charge in [-0.1, -0.05) is 30.6 Å². The molecule has 1 unspecified atom stereocenters. The number of nitriles is 1. The van der Waals surface area contributed by atoms with Crippen molar-refractivity contribution in [1.29, 1.82) is 5.26 Å². The van der Waals surface area contributed by atoms with Crippen molar-refractivity contribution in [2.24, 2.45) is 0 Å². The van der Waals surface area contributed by atoms with Crippen LogP contribution in [0.3, 0.4) is 0 Å². The Morgan fingerprint density at radius 1 is 1.33 bits per heavy atom. The number of hydrogen-bond donors (Lipinski definition) is 1. The summed E-state index contributed by atoms with van der Waals surface area (Å²) in [4.78, 5) is 4.41. The van der Waals surface area contributed by atoms with Crippen molar-refractivity contribution in [2.45, 2.75) is 45.6 Å². The van der Waals surface area contributed by atoms with Crippen LogP contribution in [0.2, 0.25) is 0 Å². The van der Waals surface area contributed by atoms with Crippen LogP contribution in [0.25, 0.3) is 0 Å². The molecule has 1 heterocycles. The van der Waals surface area contributed by atoms with E-state index in [9.17, 15) is 0 Å². The molecule has 21 heavy (non-hydrogen) atoms. The highest BCUT2D eigenvalue weighted by atomic mass is 16.5. The van der Waals surface area contributed by atoms with E-state index in [0.29, 0.717) is 12.3 Å². The van der Waals surface area contributed by atoms with Crippen LogP contribution in [-0.2, 0) is 12.8 Å². The van der Waals surface area contributed by atoms with Gasteiger partial charge < -0.3 is 9.84 Å². The van der Waals surface area contributed by atoms with Gasteiger partial charge in [0, 0.05) is 12.1 Å². The van der Waals surface area contributed by atoms with Gasteiger partial charge in [0.25, 0.3) is 0 Å². The summed E-state index contributed by atoms with van der Waals surface area (Å²) in [5.74, 6) is 1.37. The van der Waals surface area contributed by atoms with Crippen LogP contribution in [0.1, 0.15) is 50.0 Å². The zero-order chi connectivity index (χ0) is 15.1. The number of hydrogen-bond acceptors (Lipinski definition) is 5. The molecule has 1 atom stereocenters. The van der Waals surface area contributed by atoms with Gasteiger partial charge >= 0.3 is 0 Å². The highest BCUT2D eigenvalue weighted by Gasteiger charge is 2.13. The molecule has 1 N–H and O–H groups in total. The van der Waals surface area contributed by atoms with Gasteiger partial charge in [-0.2, -0.15) is 10.2 Å². The van der Waals surface area contributed by atoms with Crippen LogP contribution in [0.15, 0.2) is 28.8 Å².